The van der Waals surface area contributed by atoms with E-state index in [0.29, 0.717) is 0 Å². The molecule has 0 spiro atoms. The lowest BCUT2D eigenvalue weighted by Crippen LogP contribution is -1.96. The van der Waals surface area contributed by atoms with E-state index in [4.69, 9.17) is 4.98 Å². The second kappa shape index (κ2) is 4.71. The molecule has 3 nitrogen and oxygen atoms in total. The van der Waals surface area contributed by atoms with Crippen molar-refractivity contribution >= 4 is 27.3 Å². The number of rotatable bonds is 1. The third kappa shape index (κ3) is 1.75. The normalized spacial score (nSPS) is 11.8. The number of aromatic nitrogens is 3. The first kappa shape index (κ1) is 13.4. The molecule has 0 N–H and O–H groups in total. The SMILES string of the molecule is Cc1ccc2cn3cccc3cc2c1-c1nc2ccccc2n1C. The van der Waals surface area contributed by atoms with E-state index in [1.165, 1.54) is 27.4 Å². The van der Waals surface area contributed by atoms with E-state index in [0.717, 1.165) is 16.9 Å². The predicted molar refractivity (Wildman–Crippen MR) is 99.3 cm³/mol. The Hall–Kier alpha value is -3.07. The Morgan fingerprint density at radius 3 is 2.71 bits per heavy atom. The number of fused-ring (bicyclic) bond motifs is 3. The first-order valence-electron chi connectivity index (χ1n) is 8.14. The van der Waals surface area contributed by atoms with Crippen LogP contribution in [0.4, 0.5) is 0 Å². The Labute approximate surface area is 139 Å². The quantitative estimate of drug-likeness (QED) is 0.429. The van der Waals surface area contributed by atoms with E-state index in [2.05, 4.69) is 83.9 Å². The van der Waals surface area contributed by atoms with Crippen LogP contribution in [-0.4, -0.2) is 14.0 Å². The molecule has 0 radical (unpaired) electrons. The molecule has 24 heavy (non-hydrogen) atoms. The van der Waals surface area contributed by atoms with Gasteiger partial charge in [0.25, 0.3) is 0 Å². The summed E-state index contributed by atoms with van der Waals surface area (Å²) in [6.45, 7) is 2.16. The molecule has 0 aliphatic rings. The van der Waals surface area contributed by atoms with E-state index in [1.54, 1.807) is 0 Å². The van der Waals surface area contributed by atoms with Gasteiger partial charge in [0, 0.05) is 30.5 Å². The van der Waals surface area contributed by atoms with Crippen molar-refractivity contribution < 1.29 is 0 Å². The number of hydrogen-bond acceptors (Lipinski definition) is 1. The van der Waals surface area contributed by atoms with Gasteiger partial charge in [-0.25, -0.2) is 4.98 Å². The summed E-state index contributed by atoms with van der Waals surface area (Å²) >= 11 is 0. The summed E-state index contributed by atoms with van der Waals surface area (Å²) in [6.07, 6.45) is 4.28. The standard InChI is InChI=1S/C21H17N3/c1-14-9-10-15-13-24-11-5-6-16(24)12-17(15)20(14)21-22-18-7-3-4-8-19(18)23(21)2/h3-13H,1-2H3. The van der Waals surface area contributed by atoms with Crippen molar-refractivity contribution in [1.29, 1.82) is 0 Å². The monoisotopic (exact) mass is 311 g/mol. The topological polar surface area (TPSA) is 22.2 Å². The summed E-state index contributed by atoms with van der Waals surface area (Å²) in [5.74, 6) is 1.02. The summed E-state index contributed by atoms with van der Waals surface area (Å²) in [6, 6.07) is 19.2. The fraction of sp³-hybridized carbons (Fsp3) is 0.0952. The van der Waals surface area contributed by atoms with Crippen LogP contribution in [0.25, 0.3) is 38.7 Å². The number of nitrogens with zero attached hydrogens (tertiary/aromatic N) is 3. The van der Waals surface area contributed by atoms with Crippen molar-refractivity contribution in [2.24, 2.45) is 7.05 Å². The number of para-hydroxylation sites is 2. The van der Waals surface area contributed by atoms with E-state index in [-0.39, 0.29) is 0 Å². The highest BCUT2D eigenvalue weighted by atomic mass is 15.1. The molecule has 0 saturated carbocycles. The molecule has 116 valence electrons. The van der Waals surface area contributed by atoms with Gasteiger partial charge in [0.15, 0.2) is 0 Å². The first-order chi connectivity index (χ1) is 11.7. The van der Waals surface area contributed by atoms with E-state index in [9.17, 15) is 0 Å². The molecule has 0 unspecified atom stereocenters. The smallest absolute Gasteiger partial charge is 0.141 e. The summed E-state index contributed by atoms with van der Waals surface area (Å²) in [5.41, 5.74) is 5.86. The molecule has 3 aromatic heterocycles. The summed E-state index contributed by atoms with van der Waals surface area (Å²) in [4.78, 5) is 4.92. The summed E-state index contributed by atoms with van der Waals surface area (Å²) in [5, 5.41) is 2.48. The van der Waals surface area contributed by atoms with E-state index in [1.807, 2.05) is 6.07 Å². The number of imidazole rings is 1. The minimum absolute atomic E-state index is 1.02. The van der Waals surface area contributed by atoms with Gasteiger partial charge in [-0.1, -0.05) is 24.3 Å². The van der Waals surface area contributed by atoms with Crippen molar-refractivity contribution in [3.63, 3.8) is 0 Å². The maximum Gasteiger partial charge on any atom is 0.141 e. The Morgan fingerprint density at radius 2 is 1.83 bits per heavy atom. The van der Waals surface area contributed by atoms with Crippen LogP contribution >= 0.6 is 0 Å². The largest absolute Gasteiger partial charge is 0.327 e. The van der Waals surface area contributed by atoms with Gasteiger partial charge in [-0.15, -0.1) is 0 Å². The minimum Gasteiger partial charge on any atom is -0.327 e. The third-order valence-corrected chi connectivity index (χ3v) is 4.88. The lowest BCUT2D eigenvalue weighted by atomic mass is 10.00. The Bertz CT molecular complexity index is 1220. The maximum absolute atomic E-state index is 4.92. The lowest BCUT2D eigenvalue weighted by molar-refractivity contribution is 0.959. The highest BCUT2D eigenvalue weighted by Crippen LogP contribution is 2.33. The van der Waals surface area contributed by atoms with Gasteiger partial charge in [-0.05, 0) is 53.6 Å². The molecule has 0 fully saturated rings. The zero-order valence-corrected chi connectivity index (χ0v) is 13.7. The molecule has 0 aliphatic carbocycles. The predicted octanol–water partition coefficient (Wildman–Crippen LogP) is 4.95. The van der Waals surface area contributed by atoms with Crippen LogP contribution < -0.4 is 0 Å². The zero-order chi connectivity index (χ0) is 16.3. The van der Waals surface area contributed by atoms with Gasteiger partial charge < -0.3 is 8.97 Å². The van der Waals surface area contributed by atoms with Crippen molar-refractivity contribution in [3.8, 4) is 11.4 Å². The fourth-order valence-corrected chi connectivity index (χ4v) is 3.62. The second-order valence-electron chi connectivity index (χ2n) is 6.36. The van der Waals surface area contributed by atoms with Gasteiger partial charge >= 0.3 is 0 Å². The molecular formula is C21H17N3. The third-order valence-electron chi connectivity index (χ3n) is 4.88. The van der Waals surface area contributed by atoms with Crippen LogP contribution in [0.3, 0.4) is 0 Å². The highest BCUT2D eigenvalue weighted by molar-refractivity contribution is 6.00. The molecule has 5 aromatic rings. The van der Waals surface area contributed by atoms with Crippen molar-refractivity contribution in [2.75, 3.05) is 0 Å². The number of hydrogen-bond donors (Lipinski definition) is 0. The van der Waals surface area contributed by atoms with Crippen molar-refractivity contribution in [1.82, 2.24) is 14.0 Å². The lowest BCUT2D eigenvalue weighted by Gasteiger charge is -2.11. The summed E-state index contributed by atoms with van der Waals surface area (Å²) in [7, 11) is 2.10. The van der Waals surface area contributed by atoms with Crippen LogP contribution in [0.5, 0.6) is 0 Å². The van der Waals surface area contributed by atoms with Crippen LogP contribution in [0.2, 0.25) is 0 Å². The van der Waals surface area contributed by atoms with Crippen molar-refractivity contribution in [3.05, 3.63) is 72.6 Å². The van der Waals surface area contributed by atoms with Crippen LogP contribution in [0.15, 0.2) is 67.0 Å². The molecule has 0 amide bonds. The molecule has 3 heterocycles. The molecular weight excluding hydrogens is 294 g/mol. The van der Waals surface area contributed by atoms with Crippen molar-refractivity contribution in [2.45, 2.75) is 6.92 Å². The average molecular weight is 311 g/mol. The molecule has 0 atom stereocenters. The van der Waals surface area contributed by atoms with Gasteiger partial charge in [0.2, 0.25) is 0 Å². The molecule has 2 aromatic carbocycles. The summed E-state index contributed by atoms with van der Waals surface area (Å²) < 4.78 is 4.36. The fourth-order valence-electron chi connectivity index (χ4n) is 3.62. The number of aryl methyl sites for hydroxylation is 2. The molecule has 3 heteroatoms. The maximum atomic E-state index is 4.92. The van der Waals surface area contributed by atoms with Gasteiger partial charge in [-0.2, -0.15) is 0 Å². The average Bonchev–Trinajstić information content (AvgIpc) is 3.18. The Kier molecular flexibility index (Phi) is 2.63. The minimum atomic E-state index is 1.02. The highest BCUT2D eigenvalue weighted by Gasteiger charge is 2.15. The molecule has 5 rings (SSSR count). The van der Waals surface area contributed by atoms with Crippen LogP contribution in [0, 0.1) is 6.92 Å². The molecule has 0 aliphatic heterocycles. The van der Waals surface area contributed by atoms with Gasteiger partial charge in [0.05, 0.1) is 11.0 Å². The van der Waals surface area contributed by atoms with Gasteiger partial charge in [0.1, 0.15) is 5.82 Å². The second-order valence-corrected chi connectivity index (χ2v) is 6.36. The number of benzene rings is 2. The Morgan fingerprint density at radius 1 is 0.958 bits per heavy atom. The zero-order valence-electron chi connectivity index (χ0n) is 13.7. The van der Waals surface area contributed by atoms with Crippen LogP contribution in [0.1, 0.15) is 5.56 Å². The molecule has 0 bridgehead atoms. The Balaban J connectivity index is 1.93. The number of pyridine rings is 1. The molecule has 0 saturated heterocycles. The van der Waals surface area contributed by atoms with Gasteiger partial charge in [-0.3, -0.25) is 0 Å². The van der Waals surface area contributed by atoms with E-state index >= 15 is 0 Å². The van der Waals surface area contributed by atoms with Crippen LogP contribution in [-0.2, 0) is 7.05 Å². The van der Waals surface area contributed by atoms with E-state index < -0.39 is 0 Å². The first-order valence-corrected chi connectivity index (χ1v) is 8.14.